The zero-order valence-corrected chi connectivity index (χ0v) is 14.2. The number of aromatic nitrogens is 1. The van der Waals surface area contributed by atoms with Crippen LogP contribution in [0.1, 0.15) is 11.3 Å². The molecule has 1 amide bonds. The third-order valence-corrected chi connectivity index (χ3v) is 4.22. The smallest absolute Gasteiger partial charge is 0.246 e. The van der Waals surface area contributed by atoms with E-state index in [1.165, 1.54) is 17.7 Å². The molecule has 0 saturated carbocycles. The lowest BCUT2D eigenvalue weighted by Crippen LogP contribution is -2.29. The van der Waals surface area contributed by atoms with E-state index in [1.54, 1.807) is 29.5 Å². The van der Waals surface area contributed by atoms with Crippen molar-refractivity contribution in [1.29, 1.82) is 0 Å². The third kappa shape index (κ3) is 5.23. The number of ether oxygens (including phenoxy) is 1. The molecule has 0 bridgehead atoms. The highest BCUT2D eigenvalue weighted by molar-refractivity contribution is 7.07. The molecule has 0 saturated heterocycles. The average molecular weight is 360 g/mol. The maximum atomic E-state index is 12.9. The van der Waals surface area contributed by atoms with Gasteiger partial charge in [-0.1, -0.05) is 5.16 Å². The molecule has 0 aliphatic rings. The Balaban J connectivity index is 1.38. The molecule has 0 aliphatic heterocycles. The average Bonchev–Trinajstić information content (AvgIpc) is 3.28. The first-order valence-electron chi connectivity index (χ1n) is 7.78. The number of hydrogen-bond donors (Lipinski definition) is 1. The van der Waals surface area contributed by atoms with Crippen LogP contribution >= 0.6 is 11.3 Å². The zero-order valence-electron chi connectivity index (χ0n) is 13.4. The van der Waals surface area contributed by atoms with E-state index < -0.39 is 0 Å². The second-order valence-electron chi connectivity index (χ2n) is 5.41. The first-order valence-corrected chi connectivity index (χ1v) is 8.72. The molecule has 5 nitrogen and oxygen atoms in total. The van der Waals surface area contributed by atoms with Crippen molar-refractivity contribution in [3.8, 4) is 11.3 Å². The number of nitrogens with zero attached hydrogens (tertiary/aromatic N) is 1. The molecule has 0 fully saturated rings. The predicted molar refractivity (Wildman–Crippen MR) is 92.6 cm³/mol. The molecule has 2 aromatic heterocycles. The van der Waals surface area contributed by atoms with Gasteiger partial charge in [-0.05, 0) is 53.1 Å². The molecule has 7 heteroatoms. The van der Waals surface area contributed by atoms with Crippen LogP contribution in [0.15, 0.2) is 51.7 Å². The molecule has 130 valence electrons. The van der Waals surface area contributed by atoms with Crippen LogP contribution in [0.25, 0.3) is 11.3 Å². The van der Waals surface area contributed by atoms with Gasteiger partial charge in [0, 0.05) is 18.2 Å². The molecule has 3 rings (SSSR count). The number of amides is 1. The van der Waals surface area contributed by atoms with Gasteiger partial charge >= 0.3 is 0 Å². The minimum Gasteiger partial charge on any atom is -0.365 e. The van der Waals surface area contributed by atoms with Crippen molar-refractivity contribution in [3.05, 3.63) is 64.2 Å². The maximum absolute atomic E-state index is 12.9. The minimum absolute atomic E-state index is 0.0393. The third-order valence-electron chi connectivity index (χ3n) is 3.49. The second-order valence-corrected chi connectivity index (χ2v) is 6.19. The van der Waals surface area contributed by atoms with E-state index in [2.05, 4.69) is 15.9 Å². The fourth-order valence-corrected chi connectivity index (χ4v) is 2.91. The van der Waals surface area contributed by atoms with E-state index >= 15 is 0 Å². The lowest BCUT2D eigenvalue weighted by atomic mass is 10.1. The fraction of sp³-hybridized carbons (Fsp3) is 0.222. The quantitative estimate of drug-likeness (QED) is 0.669. The summed E-state index contributed by atoms with van der Waals surface area (Å²) in [6.45, 7) is 0.711. The summed E-state index contributed by atoms with van der Waals surface area (Å²) in [6.07, 6.45) is 0.805. The minimum atomic E-state index is -0.308. The standard InChI is InChI=1S/C18H17FN2O3S/c19-15-3-1-14(2-4-15)17-9-16(21-24-17)10-23-11-18(22)20-7-5-13-6-8-25-12-13/h1-4,6,8-9,12H,5,7,10-11H2,(H,20,22). The number of carbonyl (C=O) groups excluding carboxylic acids is 1. The Morgan fingerprint density at radius 2 is 2.12 bits per heavy atom. The number of thiophene rings is 1. The summed E-state index contributed by atoms with van der Waals surface area (Å²) in [5.74, 6) is 0.0492. The van der Waals surface area contributed by atoms with Crippen LogP contribution in [0.5, 0.6) is 0 Å². The summed E-state index contributed by atoms with van der Waals surface area (Å²) in [5, 5.41) is 10.8. The Hall–Kier alpha value is -2.51. The normalized spacial score (nSPS) is 10.8. The maximum Gasteiger partial charge on any atom is 0.246 e. The Bertz CT molecular complexity index is 800. The van der Waals surface area contributed by atoms with Gasteiger partial charge in [-0.25, -0.2) is 4.39 Å². The van der Waals surface area contributed by atoms with Crippen LogP contribution in [0.3, 0.4) is 0 Å². The summed E-state index contributed by atoms with van der Waals surface area (Å²) in [6, 6.07) is 9.68. The Kier molecular flexibility index (Phi) is 5.92. The number of halogens is 1. The van der Waals surface area contributed by atoms with E-state index in [1.807, 2.05) is 11.4 Å². The van der Waals surface area contributed by atoms with E-state index in [4.69, 9.17) is 9.26 Å². The van der Waals surface area contributed by atoms with Gasteiger partial charge in [0.2, 0.25) is 5.91 Å². The highest BCUT2D eigenvalue weighted by atomic mass is 32.1. The number of nitrogens with one attached hydrogen (secondary N) is 1. The summed E-state index contributed by atoms with van der Waals surface area (Å²) < 4.78 is 23.5. The number of rotatable bonds is 8. The molecule has 0 radical (unpaired) electrons. The van der Waals surface area contributed by atoms with Crippen molar-refractivity contribution in [2.45, 2.75) is 13.0 Å². The zero-order chi connectivity index (χ0) is 17.5. The van der Waals surface area contributed by atoms with Gasteiger partial charge in [0.1, 0.15) is 18.1 Å². The van der Waals surface area contributed by atoms with Crippen LogP contribution < -0.4 is 5.32 Å². The largest absolute Gasteiger partial charge is 0.365 e. The topological polar surface area (TPSA) is 64.4 Å². The molecule has 2 heterocycles. The molecular formula is C18H17FN2O3S. The van der Waals surface area contributed by atoms with Crippen LogP contribution in [0.4, 0.5) is 4.39 Å². The predicted octanol–water partition coefficient (Wildman–Crippen LogP) is 3.42. The SMILES string of the molecule is O=C(COCc1cc(-c2ccc(F)cc2)on1)NCCc1ccsc1. The monoisotopic (exact) mass is 360 g/mol. The van der Waals surface area contributed by atoms with Crippen LogP contribution in [-0.4, -0.2) is 24.2 Å². The molecule has 0 spiro atoms. The van der Waals surface area contributed by atoms with E-state index in [-0.39, 0.29) is 24.9 Å². The van der Waals surface area contributed by atoms with Crippen molar-refractivity contribution < 1.29 is 18.4 Å². The van der Waals surface area contributed by atoms with E-state index in [9.17, 15) is 9.18 Å². The lowest BCUT2D eigenvalue weighted by Gasteiger charge is -2.04. The Morgan fingerprint density at radius 3 is 2.88 bits per heavy atom. The van der Waals surface area contributed by atoms with Crippen LogP contribution in [0.2, 0.25) is 0 Å². The molecule has 25 heavy (non-hydrogen) atoms. The molecule has 0 atom stereocenters. The second kappa shape index (κ2) is 8.55. The Morgan fingerprint density at radius 1 is 1.28 bits per heavy atom. The van der Waals surface area contributed by atoms with Crippen LogP contribution in [-0.2, 0) is 22.6 Å². The number of benzene rings is 1. The number of hydrogen-bond acceptors (Lipinski definition) is 5. The highest BCUT2D eigenvalue weighted by Gasteiger charge is 2.08. The van der Waals surface area contributed by atoms with Gasteiger partial charge in [0.25, 0.3) is 0 Å². The van der Waals surface area contributed by atoms with Crippen LogP contribution in [0, 0.1) is 5.82 Å². The van der Waals surface area contributed by atoms with Gasteiger partial charge in [-0.2, -0.15) is 11.3 Å². The van der Waals surface area contributed by atoms with Crippen molar-refractivity contribution in [1.82, 2.24) is 10.5 Å². The fourth-order valence-electron chi connectivity index (χ4n) is 2.21. The summed E-state index contributed by atoms with van der Waals surface area (Å²) in [7, 11) is 0. The molecule has 1 N–H and O–H groups in total. The molecule has 0 unspecified atom stereocenters. The van der Waals surface area contributed by atoms with E-state index in [0.717, 1.165) is 12.0 Å². The molecular weight excluding hydrogens is 343 g/mol. The molecule has 3 aromatic rings. The lowest BCUT2D eigenvalue weighted by molar-refractivity contribution is -0.126. The highest BCUT2D eigenvalue weighted by Crippen LogP contribution is 2.20. The van der Waals surface area contributed by atoms with Crippen molar-refractivity contribution in [3.63, 3.8) is 0 Å². The van der Waals surface area contributed by atoms with Gasteiger partial charge in [0.15, 0.2) is 5.76 Å². The molecule has 1 aromatic carbocycles. The summed E-state index contributed by atoms with van der Waals surface area (Å²) in [4.78, 5) is 11.7. The van der Waals surface area contributed by atoms with Crippen molar-refractivity contribution in [2.75, 3.05) is 13.2 Å². The van der Waals surface area contributed by atoms with Gasteiger partial charge < -0.3 is 14.6 Å². The van der Waals surface area contributed by atoms with Gasteiger partial charge in [-0.15, -0.1) is 0 Å². The van der Waals surface area contributed by atoms with Crippen molar-refractivity contribution in [2.24, 2.45) is 0 Å². The van der Waals surface area contributed by atoms with E-state index in [0.29, 0.717) is 18.0 Å². The summed E-state index contributed by atoms with van der Waals surface area (Å²) in [5.41, 5.74) is 2.51. The Labute approximate surface area is 148 Å². The summed E-state index contributed by atoms with van der Waals surface area (Å²) >= 11 is 1.64. The first kappa shape index (κ1) is 17.3. The van der Waals surface area contributed by atoms with Gasteiger partial charge in [-0.3, -0.25) is 4.79 Å². The van der Waals surface area contributed by atoms with Gasteiger partial charge in [0.05, 0.1) is 6.61 Å². The van der Waals surface area contributed by atoms with Crippen molar-refractivity contribution >= 4 is 17.2 Å². The molecule has 0 aliphatic carbocycles. The first-order chi connectivity index (χ1) is 12.2. The number of carbonyl (C=O) groups is 1.